The number of nitrogens with two attached hydrogens (primary N) is 1. The van der Waals surface area contributed by atoms with Gasteiger partial charge in [0, 0.05) is 6.54 Å². The minimum absolute atomic E-state index is 0.0133. The largest absolute Gasteiger partial charge is 0.394 e. The molecule has 2 atom stereocenters. The summed E-state index contributed by atoms with van der Waals surface area (Å²) in [6, 6.07) is 0. The molecule has 144 valence electrons. The lowest BCUT2D eigenvalue weighted by molar-refractivity contribution is -0.0207. The molecule has 0 bridgehead atoms. The quantitative estimate of drug-likeness (QED) is 0.526. The van der Waals surface area contributed by atoms with E-state index in [0.29, 0.717) is 50.7 Å². The minimum Gasteiger partial charge on any atom is -0.394 e. The number of hydrogen-bond donors (Lipinski definition) is 2. The predicted molar refractivity (Wildman–Crippen MR) is 92.7 cm³/mol. The smallest absolute Gasteiger partial charge is 0.281 e. The van der Waals surface area contributed by atoms with E-state index in [9.17, 15) is 9.90 Å². The first-order chi connectivity index (χ1) is 12.7. The van der Waals surface area contributed by atoms with Gasteiger partial charge < -0.3 is 25.1 Å². The lowest BCUT2D eigenvalue weighted by Gasteiger charge is -2.14. The van der Waals surface area contributed by atoms with Gasteiger partial charge in [-0.15, -0.1) is 0 Å². The minimum atomic E-state index is -0.253. The van der Waals surface area contributed by atoms with E-state index in [1.54, 1.807) is 10.9 Å². The highest BCUT2D eigenvalue weighted by Crippen LogP contribution is 2.29. The van der Waals surface area contributed by atoms with Gasteiger partial charge in [0.25, 0.3) is 5.56 Å². The van der Waals surface area contributed by atoms with Crippen LogP contribution in [0.5, 0.6) is 0 Å². The highest BCUT2D eigenvalue weighted by molar-refractivity contribution is 5.69. The summed E-state index contributed by atoms with van der Waals surface area (Å²) >= 11 is 0. The summed E-state index contributed by atoms with van der Waals surface area (Å²) in [5.41, 5.74) is 5.90. The van der Waals surface area contributed by atoms with Crippen LogP contribution in [0.3, 0.4) is 0 Å². The number of nitrogens with zero attached hydrogens (tertiary/aromatic N) is 4. The van der Waals surface area contributed by atoms with Crippen LogP contribution < -0.4 is 11.3 Å². The predicted octanol–water partition coefficient (Wildman–Crippen LogP) is -0.745. The van der Waals surface area contributed by atoms with Gasteiger partial charge in [-0.05, 0) is 12.8 Å². The van der Waals surface area contributed by atoms with Crippen LogP contribution in [0.4, 0.5) is 0 Å². The highest BCUT2D eigenvalue weighted by Gasteiger charge is 2.27. The van der Waals surface area contributed by atoms with Gasteiger partial charge in [-0.1, -0.05) is 0 Å². The molecule has 1 saturated heterocycles. The van der Waals surface area contributed by atoms with Crippen molar-refractivity contribution in [2.75, 3.05) is 39.6 Å². The molecule has 0 radical (unpaired) electrons. The number of aliphatic hydroxyl groups is 1. The van der Waals surface area contributed by atoms with Gasteiger partial charge in [0.1, 0.15) is 12.6 Å². The summed E-state index contributed by atoms with van der Waals surface area (Å²) in [5.74, 6) is 0. The zero-order valence-electron chi connectivity index (χ0n) is 14.6. The molecule has 10 heteroatoms. The molecule has 3 rings (SSSR count). The van der Waals surface area contributed by atoms with Gasteiger partial charge in [-0.3, -0.25) is 13.9 Å². The van der Waals surface area contributed by atoms with Crippen LogP contribution in [0.15, 0.2) is 17.4 Å². The Morgan fingerprint density at radius 3 is 2.73 bits per heavy atom. The zero-order chi connectivity index (χ0) is 18.4. The SMILES string of the molecule is NCCOCCOCCn1cnc2c(ncn2[C@H]2CC[C@@H](CO)O2)c1=O. The van der Waals surface area contributed by atoms with E-state index in [4.69, 9.17) is 19.9 Å². The molecule has 2 aromatic heterocycles. The third-order valence-corrected chi connectivity index (χ3v) is 4.26. The Morgan fingerprint density at radius 2 is 2.00 bits per heavy atom. The number of rotatable bonds is 10. The molecular formula is C16H25N5O5. The van der Waals surface area contributed by atoms with E-state index >= 15 is 0 Å². The highest BCUT2D eigenvalue weighted by atomic mass is 16.5. The Balaban J connectivity index is 1.60. The Kier molecular flexibility index (Phi) is 6.69. The number of aromatic nitrogens is 4. The molecule has 26 heavy (non-hydrogen) atoms. The van der Waals surface area contributed by atoms with Crippen molar-refractivity contribution in [3.8, 4) is 0 Å². The average molecular weight is 367 g/mol. The molecule has 0 unspecified atom stereocenters. The van der Waals surface area contributed by atoms with Crippen LogP contribution in [-0.4, -0.2) is 69.9 Å². The summed E-state index contributed by atoms with van der Waals surface area (Å²) in [7, 11) is 0. The molecule has 3 heterocycles. The van der Waals surface area contributed by atoms with Crippen molar-refractivity contribution < 1.29 is 19.3 Å². The number of fused-ring (bicyclic) bond motifs is 1. The molecule has 1 aliphatic rings. The molecule has 3 N–H and O–H groups in total. The van der Waals surface area contributed by atoms with E-state index in [2.05, 4.69) is 9.97 Å². The van der Waals surface area contributed by atoms with Crippen molar-refractivity contribution in [1.29, 1.82) is 0 Å². The van der Waals surface area contributed by atoms with Gasteiger partial charge in [-0.2, -0.15) is 0 Å². The number of ether oxygens (including phenoxy) is 3. The molecule has 2 aromatic rings. The first kappa shape index (κ1) is 18.9. The molecule has 0 amide bonds. The fourth-order valence-corrected chi connectivity index (χ4v) is 2.91. The molecule has 0 aromatic carbocycles. The van der Waals surface area contributed by atoms with Gasteiger partial charge >= 0.3 is 0 Å². The van der Waals surface area contributed by atoms with Crippen molar-refractivity contribution in [2.24, 2.45) is 5.73 Å². The maximum atomic E-state index is 12.6. The van der Waals surface area contributed by atoms with E-state index in [0.717, 1.165) is 12.8 Å². The van der Waals surface area contributed by atoms with Crippen molar-refractivity contribution in [1.82, 2.24) is 19.1 Å². The van der Waals surface area contributed by atoms with Crippen LogP contribution in [0.2, 0.25) is 0 Å². The molecular weight excluding hydrogens is 342 g/mol. The summed E-state index contributed by atoms with van der Waals surface area (Å²) in [5, 5.41) is 9.19. The molecule has 1 fully saturated rings. The normalized spacial score (nSPS) is 20.2. The lowest BCUT2D eigenvalue weighted by atomic mass is 10.2. The third kappa shape index (κ3) is 4.27. The van der Waals surface area contributed by atoms with E-state index < -0.39 is 0 Å². The maximum Gasteiger partial charge on any atom is 0.281 e. The van der Waals surface area contributed by atoms with Crippen molar-refractivity contribution in [2.45, 2.75) is 31.7 Å². The lowest BCUT2D eigenvalue weighted by Crippen LogP contribution is -2.24. The number of hydrogen-bond acceptors (Lipinski definition) is 8. The van der Waals surface area contributed by atoms with Crippen LogP contribution in [0, 0.1) is 0 Å². The van der Waals surface area contributed by atoms with Crippen molar-refractivity contribution in [3.05, 3.63) is 23.0 Å². The summed E-state index contributed by atoms with van der Waals surface area (Å²) in [6.07, 6.45) is 4.15. The first-order valence-corrected chi connectivity index (χ1v) is 8.78. The van der Waals surface area contributed by atoms with Crippen LogP contribution in [-0.2, 0) is 20.8 Å². The molecule has 0 saturated carbocycles. The fraction of sp³-hybridized carbons (Fsp3) is 0.688. The van der Waals surface area contributed by atoms with E-state index in [-0.39, 0.29) is 24.5 Å². The van der Waals surface area contributed by atoms with Crippen molar-refractivity contribution >= 4 is 11.2 Å². The Hall–Kier alpha value is -1.85. The van der Waals surface area contributed by atoms with Gasteiger partial charge in [0.2, 0.25) is 0 Å². The Labute approximate surface area is 150 Å². The van der Waals surface area contributed by atoms with Crippen molar-refractivity contribution in [3.63, 3.8) is 0 Å². The van der Waals surface area contributed by atoms with Gasteiger partial charge in [-0.25, -0.2) is 9.97 Å². The fourth-order valence-electron chi connectivity index (χ4n) is 2.91. The summed E-state index contributed by atoms with van der Waals surface area (Å²) in [6.45, 7) is 2.67. The van der Waals surface area contributed by atoms with Crippen LogP contribution in [0.1, 0.15) is 19.1 Å². The molecule has 1 aliphatic heterocycles. The standard InChI is InChI=1S/C16H25N5O5/c17-3-5-24-7-8-25-6-4-20-10-19-15-14(16(20)23)18-11-21(15)13-2-1-12(9-22)26-13/h10-13,22H,1-9,17H2/t12-,13+/m0/s1. The second-order valence-electron chi connectivity index (χ2n) is 6.05. The monoisotopic (exact) mass is 367 g/mol. The first-order valence-electron chi connectivity index (χ1n) is 8.78. The van der Waals surface area contributed by atoms with Crippen LogP contribution >= 0.6 is 0 Å². The zero-order valence-corrected chi connectivity index (χ0v) is 14.6. The van der Waals surface area contributed by atoms with E-state index in [1.165, 1.54) is 10.9 Å². The Bertz CT molecular complexity index is 761. The summed E-state index contributed by atoms with van der Waals surface area (Å²) < 4.78 is 19.6. The van der Waals surface area contributed by atoms with Crippen LogP contribution in [0.25, 0.3) is 11.2 Å². The molecule has 0 spiro atoms. The summed E-state index contributed by atoms with van der Waals surface area (Å²) in [4.78, 5) is 21.1. The third-order valence-electron chi connectivity index (χ3n) is 4.26. The second-order valence-corrected chi connectivity index (χ2v) is 6.05. The number of aliphatic hydroxyl groups excluding tert-OH is 1. The maximum absolute atomic E-state index is 12.6. The molecule has 10 nitrogen and oxygen atoms in total. The van der Waals surface area contributed by atoms with Gasteiger partial charge in [0.05, 0.1) is 52.0 Å². The number of imidazole rings is 1. The second kappa shape index (κ2) is 9.19. The Morgan fingerprint density at radius 1 is 1.19 bits per heavy atom. The molecule has 0 aliphatic carbocycles. The topological polar surface area (TPSA) is 127 Å². The van der Waals surface area contributed by atoms with Gasteiger partial charge in [0.15, 0.2) is 11.2 Å². The van der Waals surface area contributed by atoms with E-state index in [1.807, 2.05) is 0 Å². The average Bonchev–Trinajstić information content (AvgIpc) is 3.29.